The highest BCUT2D eigenvalue weighted by molar-refractivity contribution is 5.97. The summed E-state index contributed by atoms with van der Waals surface area (Å²) in [7, 11) is 0. The fourth-order valence-electron chi connectivity index (χ4n) is 2.42. The Morgan fingerprint density at radius 3 is 2.48 bits per heavy atom. The number of rotatable bonds is 4. The van der Waals surface area contributed by atoms with E-state index in [1.165, 1.54) is 6.08 Å². The van der Waals surface area contributed by atoms with Gasteiger partial charge in [-0.05, 0) is 28.7 Å². The maximum Gasteiger partial charge on any atom is 0.331 e. The third-order valence-electron chi connectivity index (χ3n) is 3.54. The number of aromatic hydroxyl groups is 1. The Hall–Kier alpha value is -3.07. The molecule has 0 aliphatic rings. The molecule has 3 aromatic rings. The quantitative estimate of drug-likeness (QED) is 0.577. The highest BCUT2D eigenvalue weighted by Gasteiger charge is 2.04. The third kappa shape index (κ3) is 3.58. The predicted molar refractivity (Wildman–Crippen MR) is 90.9 cm³/mol. The van der Waals surface area contributed by atoms with Gasteiger partial charge in [0.05, 0.1) is 0 Å². The molecule has 0 unspecified atom stereocenters. The second-order valence-electron chi connectivity index (χ2n) is 5.15. The number of phenolic OH excluding ortho intramolecular Hbond substituents is 1. The highest BCUT2D eigenvalue weighted by atomic mass is 16.5. The third-order valence-corrected chi connectivity index (χ3v) is 3.54. The molecule has 0 heterocycles. The number of fused-ring (bicyclic) bond motifs is 1. The summed E-state index contributed by atoms with van der Waals surface area (Å²) in [4.78, 5) is 11.8. The average molecular weight is 304 g/mol. The van der Waals surface area contributed by atoms with Crippen molar-refractivity contribution < 1.29 is 14.6 Å². The molecule has 0 bridgehead atoms. The number of hydrogen-bond donors (Lipinski definition) is 1. The van der Waals surface area contributed by atoms with Crippen LogP contribution in [-0.2, 0) is 16.1 Å². The molecule has 0 amide bonds. The van der Waals surface area contributed by atoms with E-state index < -0.39 is 5.97 Å². The first-order valence-corrected chi connectivity index (χ1v) is 7.33. The van der Waals surface area contributed by atoms with Crippen LogP contribution in [0.4, 0.5) is 0 Å². The van der Waals surface area contributed by atoms with Crippen LogP contribution in [0.5, 0.6) is 5.75 Å². The molecule has 3 heteroatoms. The molecule has 0 atom stereocenters. The fraction of sp³-hybridized carbons (Fsp3) is 0.0500. The summed E-state index contributed by atoms with van der Waals surface area (Å²) in [6, 6.07) is 20.5. The van der Waals surface area contributed by atoms with Crippen LogP contribution in [-0.4, -0.2) is 11.1 Å². The van der Waals surface area contributed by atoms with Gasteiger partial charge in [-0.1, -0.05) is 60.7 Å². The lowest BCUT2D eigenvalue weighted by molar-refractivity contribution is -0.138. The van der Waals surface area contributed by atoms with E-state index in [1.807, 2.05) is 54.6 Å². The Morgan fingerprint density at radius 2 is 1.70 bits per heavy atom. The number of ether oxygens (including phenoxy) is 1. The van der Waals surface area contributed by atoms with Gasteiger partial charge in [0.2, 0.25) is 0 Å². The molecule has 0 aliphatic carbocycles. The summed E-state index contributed by atoms with van der Waals surface area (Å²) >= 11 is 0. The van der Waals surface area contributed by atoms with E-state index in [0.717, 1.165) is 21.9 Å². The van der Waals surface area contributed by atoms with Crippen molar-refractivity contribution in [2.24, 2.45) is 0 Å². The predicted octanol–water partition coefficient (Wildman–Crippen LogP) is 4.30. The first-order chi connectivity index (χ1) is 11.2. The van der Waals surface area contributed by atoms with Crippen molar-refractivity contribution in [2.45, 2.75) is 6.61 Å². The maximum atomic E-state index is 11.8. The summed E-state index contributed by atoms with van der Waals surface area (Å²) < 4.78 is 5.20. The van der Waals surface area contributed by atoms with Gasteiger partial charge in [0.15, 0.2) is 0 Å². The molecule has 0 aliphatic heterocycles. The van der Waals surface area contributed by atoms with Crippen LogP contribution in [0.3, 0.4) is 0 Å². The number of benzene rings is 3. The minimum Gasteiger partial charge on any atom is -0.507 e. The zero-order chi connectivity index (χ0) is 16.1. The molecule has 114 valence electrons. The number of phenols is 1. The van der Waals surface area contributed by atoms with E-state index in [2.05, 4.69) is 0 Å². The summed E-state index contributed by atoms with van der Waals surface area (Å²) in [6.45, 7) is 0.241. The zero-order valence-electron chi connectivity index (χ0n) is 12.5. The minimum atomic E-state index is -0.415. The molecule has 3 rings (SSSR count). The van der Waals surface area contributed by atoms with Crippen LogP contribution < -0.4 is 0 Å². The van der Waals surface area contributed by atoms with Crippen molar-refractivity contribution >= 4 is 22.8 Å². The van der Waals surface area contributed by atoms with Crippen molar-refractivity contribution in [3.8, 4) is 5.75 Å². The van der Waals surface area contributed by atoms with Crippen molar-refractivity contribution in [1.82, 2.24) is 0 Å². The van der Waals surface area contributed by atoms with E-state index in [0.29, 0.717) is 0 Å². The molecule has 0 aromatic heterocycles. The number of carbonyl (C=O) groups is 1. The van der Waals surface area contributed by atoms with Gasteiger partial charge in [-0.15, -0.1) is 0 Å². The fourth-order valence-corrected chi connectivity index (χ4v) is 2.42. The molecular formula is C20H16O3. The zero-order valence-corrected chi connectivity index (χ0v) is 12.5. The number of hydrogen-bond acceptors (Lipinski definition) is 3. The number of carbonyl (C=O) groups excluding carboxylic acids is 1. The molecule has 23 heavy (non-hydrogen) atoms. The molecule has 3 nitrogen and oxygen atoms in total. The van der Waals surface area contributed by atoms with Gasteiger partial charge >= 0.3 is 5.97 Å². The van der Waals surface area contributed by atoms with Crippen LogP contribution in [0.15, 0.2) is 72.8 Å². The van der Waals surface area contributed by atoms with Crippen LogP contribution in [0, 0.1) is 0 Å². The Kier molecular flexibility index (Phi) is 4.39. The van der Waals surface area contributed by atoms with Crippen molar-refractivity contribution in [3.05, 3.63) is 83.9 Å². The highest BCUT2D eigenvalue weighted by Crippen LogP contribution is 2.28. The smallest absolute Gasteiger partial charge is 0.331 e. The van der Waals surface area contributed by atoms with Gasteiger partial charge in [0.25, 0.3) is 0 Å². The van der Waals surface area contributed by atoms with Gasteiger partial charge < -0.3 is 9.84 Å². The van der Waals surface area contributed by atoms with E-state index in [9.17, 15) is 9.90 Å². The van der Waals surface area contributed by atoms with Gasteiger partial charge in [-0.3, -0.25) is 0 Å². The molecule has 0 spiro atoms. The van der Waals surface area contributed by atoms with Crippen molar-refractivity contribution in [2.75, 3.05) is 0 Å². The Balaban J connectivity index is 1.74. The molecule has 1 N–H and O–H groups in total. The summed E-state index contributed by atoms with van der Waals surface area (Å²) in [6.07, 6.45) is 3.04. The molecule has 3 aromatic carbocycles. The molecular weight excluding hydrogens is 288 g/mol. The maximum absolute atomic E-state index is 11.8. The van der Waals surface area contributed by atoms with E-state index in [4.69, 9.17) is 4.74 Å². The van der Waals surface area contributed by atoms with Crippen molar-refractivity contribution in [3.63, 3.8) is 0 Å². The van der Waals surface area contributed by atoms with Crippen LogP contribution in [0.2, 0.25) is 0 Å². The van der Waals surface area contributed by atoms with Crippen LogP contribution >= 0.6 is 0 Å². The molecule has 0 saturated carbocycles. The summed E-state index contributed by atoms with van der Waals surface area (Å²) in [5, 5.41) is 11.7. The Bertz CT molecular complexity index is 846. The Labute approximate surface area is 134 Å². The van der Waals surface area contributed by atoms with E-state index in [1.54, 1.807) is 18.2 Å². The van der Waals surface area contributed by atoms with Gasteiger partial charge in [0, 0.05) is 11.5 Å². The summed E-state index contributed by atoms with van der Waals surface area (Å²) in [5.41, 5.74) is 1.72. The normalized spacial score (nSPS) is 11.0. The molecule has 0 saturated heterocycles. The first kappa shape index (κ1) is 14.9. The second-order valence-corrected chi connectivity index (χ2v) is 5.15. The van der Waals surface area contributed by atoms with Gasteiger partial charge in [0.1, 0.15) is 12.4 Å². The minimum absolute atomic E-state index is 0.195. The lowest BCUT2D eigenvalue weighted by Crippen LogP contribution is -2.00. The van der Waals surface area contributed by atoms with E-state index >= 15 is 0 Å². The van der Waals surface area contributed by atoms with Crippen LogP contribution in [0.1, 0.15) is 11.1 Å². The van der Waals surface area contributed by atoms with Gasteiger partial charge in [-0.2, -0.15) is 0 Å². The molecule has 0 fully saturated rings. The van der Waals surface area contributed by atoms with Crippen molar-refractivity contribution in [1.29, 1.82) is 0 Å². The van der Waals surface area contributed by atoms with E-state index in [-0.39, 0.29) is 12.4 Å². The monoisotopic (exact) mass is 304 g/mol. The summed E-state index contributed by atoms with van der Waals surface area (Å²) in [5.74, 6) is -0.221. The topological polar surface area (TPSA) is 46.5 Å². The molecule has 0 radical (unpaired) electrons. The largest absolute Gasteiger partial charge is 0.507 e. The Morgan fingerprint density at radius 1 is 0.957 bits per heavy atom. The first-order valence-electron chi connectivity index (χ1n) is 7.33. The van der Waals surface area contributed by atoms with Crippen LogP contribution in [0.25, 0.3) is 16.8 Å². The van der Waals surface area contributed by atoms with Gasteiger partial charge in [-0.25, -0.2) is 4.79 Å². The lowest BCUT2D eigenvalue weighted by Gasteiger charge is -2.05. The average Bonchev–Trinajstić information content (AvgIpc) is 2.59. The standard InChI is InChI=1S/C20H16O3/c21-18-11-5-10-16-8-4-9-17(20(16)18)12-13-19(22)23-14-15-6-2-1-3-7-15/h1-13,21H,14H2/b13-12+. The lowest BCUT2D eigenvalue weighted by atomic mass is 10.0. The second kappa shape index (κ2) is 6.79. The SMILES string of the molecule is O=C(/C=C/c1cccc2cccc(O)c12)OCc1ccccc1. The number of esters is 1.